The number of benzene rings is 4. The van der Waals surface area contributed by atoms with Crippen molar-refractivity contribution in [2.75, 3.05) is 26.9 Å². The molecule has 0 unspecified atom stereocenters. The van der Waals surface area contributed by atoms with Crippen molar-refractivity contribution in [1.29, 1.82) is 0 Å². The number of carbonyl (C=O) groups excluding carboxylic acids is 1. The minimum absolute atomic E-state index is 0.178. The average Bonchev–Trinajstić information content (AvgIpc) is 3.12. The molecule has 4 aromatic rings. The summed E-state index contributed by atoms with van der Waals surface area (Å²) in [7, 11) is 1.67. The molecule has 0 bridgehead atoms. The van der Waals surface area contributed by atoms with Crippen molar-refractivity contribution in [2.45, 2.75) is 69.1 Å². The Kier molecular flexibility index (Phi) is 15.8. The van der Waals surface area contributed by atoms with Crippen LogP contribution >= 0.6 is 11.8 Å². The first-order valence-electron chi connectivity index (χ1n) is 17.0. The Morgan fingerprint density at radius 3 is 1.85 bits per heavy atom. The fourth-order valence-corrected chi connectivity index (χ4v) is 6.68. The summed E-state index contributed by atoms with van der Waals surface area (Å²) in [6.07, 6.45) is 13.0. The van der Waals surface area contributed by atoms with Gasteiger partial charge >= 0.3 is 0 Å². The smallest absolute Gasteiger partial charge is 0.189 e. The molecule has 4 nitrogen and oxygen atoms in total. The Bertz CT molecular complexity index is 1400. The van der Waals surface area contributed by atoms with E-state index in [2.05, 4.69) is 61.5 Å². The van der Waals surface area contributed by atoms with E-state index in [9.17, 15) is 4.79 Å². The van der Waals surface area contributed by atoms with Crippen molar-refractivity contribution in [3.05, 3.63) is 144 Å². The van der Waals surface area contributed by atoms with Crippen LogP contribution in [0.5, 0.6) is 5.75 Å². The van der Waals surface area contributed by atoms with E-state index >= 15 is 0 Å². The van der Waals surface area contributed by atoms with Crippen LogP contribution < -0.4 is 4.74 Å². The van der Waals surface area contributed by atoms with E-state index in [1.807, 2.05) is 72.8 Å². The Hall–Kier alpha value is -3.64. The maximum atomic E-state index is 13.3. The number of hydrogen-bond donors (Lipinski definition) is 0. The molecule has 0 spiro atoms. The molecule has 248 valence electrons. The van der Waals surface area contributed by atoms with E-state index in [-0.39, 0.29) is 10.4 Å². The van der Waals surface area contributed by atoms with Gasteiger partial charge in [-0.25, -0.2) is 0 Å². The van der Waals surface area contributed by atoms with Gasteiger partial charge in [0, 0.05) is 6.42 Å². The van der Waals surface area contributed by atoms with Crippen molar-refractivity contribution in [3.8, 4) is 5.75 Å². The second-order valence-electron chi connectivity index (χ2n) is 11.8. The van der Waals surface area contributed by atoms with E-state index in [1.54, 1.807) is 7.11 Å². The molecule has 0 aliphatic carbocycles. The zero-order valence-electron chi connectivity index (χ0n) is 28.0. The molecule has 0 heterocycles. The summed E-state index contributed by atoms with van der Waals surface area (Å²) in [5.74, 6) is 0.783. The van der Waals surface area contributed by atoms with Crippen LogP contribution in [0.4, 0.5) is 0 Å². The van der Waals surface area contributed by atoms with Gasteiger partial charge in [-0.05, 0) is 40.8 Å². The number of hydrogen-bond acceptors (Lipinski definition) is 5. The number of carbonyl (C=O) groups is 1. The largest absolute Gasteiger partial charge is 0.497 e. The number of unbranched alkanes of at least 4 members (excludes halogenated alkanes) is 6. The van der Waals surface area contributed by atoms with Gasteiger partial charge in [0.2, 0.25) is 0 Å². The summed E-state index contributed by atoms with van der Waals surface area (Å²) in [6, 6.07) is 38.9. The highest BCUT2D eigenvalue weighted by molar-refractivity contribution is 8.14. The van der Waals surface area contributed by atoms with Crippen LogP contribution in [0.25, 0.3) is 6.08 Å². The van der Waals surface area contributed by atoms with Crippen LogP contribution in [-0.2, 0) is 19.9 Å². The predicted octanol–water partition coefficient (Wildman–Crippen LogP) is 10.5. The lowest BCUT2D eigenvalue weighted by Crippen LogP contribution is -2.36. The molecule has 0 saturated heterocycles. The molecular formula is C42H50O4S. The standard InChI is InChI=1S/C42H50O4S/c1-3-4-5-6-7-8-18-27-41(43)47-40(33-45-32-19-22-35-20-12-9-13-21-35)34-46-42(36-23-14-10-15-24-36,37-25-16-11-17-26-37)38-28-30-39(44-2)31-29-38/h9-17,19-26,28-31,40H,3-8,18,27,32-34H2,1-2H3/b22-19+/t40-/m1/s1. The Morgan fingerprint density at radius 2 is 1.26 bits per heavy atom. The van der Waals surface area contributed by atoms with Crippen LogP contribution in [0.15, 0.2) is 121 Å². The molecule has 0 fully saturated rings. The fraction of sp³-hybridized carbons (Fsp3) is 0.357. The highest BCUT2D eigenvalue weighted by Crippen LogP contribution is 2.41. The SMILES string of the molecule is CCCCCCCCCC(=O)S[C@H](COC/C=C/c1ccccc1)COC(c1ccccc1)(c1ccccc1)c1ccc(OC)cc1. The molecule has 0 aromatic heterocycles. The summed E-state index contributed by atoms with van der Waals surface area (Å²) < 4.78 is 18.8. The summed E-state index contributed by atoms with van der Waals surface area (Å²) in [6.45, 7) is 3.42. The fourth-order valence-electron chi connectivity index (χ4n) is 5.74. The Morgan fingerprint density at radius 1 is 0.702 bits per heavy atom. The minimum atomic E-state index is -0.900. The molecule has 0 saturated carbocycles. The van der Waals surface area contributed by atoms with Crippen LogP contribution in [0.2, 0.25) is 0 Å². The zero-order chi connectivity index (χ0) is 33.0. The van der Waals surface area contributed by atoms with E-state index in [4.69, 9.17) is 14.2 Å². The van der Waals surface area contributed by atoms with Crippen LogP contribution in [0, 0.1) is 0 Å². The summed E-state index contributed by atoms with van der Waals surface area (Å²) in [5.41, 5.74) is 3.25. The zero-order valence-corrected chi connectivity index (χ0v) is 28.8. The van der Waals surface area contributed by atoms with Gasteiger partial charge < -0.3 is 14.2 Å². The van der Waals surface area contributed by atoms with E-state index in [0.29, 0.717) is 26.2 Å². The van der Waals surface area contributed by atoms with Crippen LogP contribution in [-0.4, -0.2) is 37.3 Å². The molecule has 5 heteroatoms. The Balaban J connectivity index is 1.53. The monoisotopic (exact) mass is 650 g/mol. The average molecular weight is 651 g/mol. The second-order valence-corrected chi connectivity index (χ2v) is 13.1. The van der Waals surface area contributed by atoms with E-state index < -0.39 is 5.60 Å². The third-order valence-corrected chi connectivity index (χ3v) is 9.33. The van der Waals surface area contributed by atoms with Gasteiger partial charge in [0.1, 0.15) is 11.4 Å². The van der Waals surface area contributed by atoms with Crippen molar-refractivity contribution >= 4 is 23.0 Å². The second kappa shape index (κ2) is 20.6. The topological polar surface area (TPSA) is 44.8 Å². The number of methoxy groups -OCH3 is 1. The molecule has 1 atom stereocenters. The summed E-state index contributed by atoms with van der Waals surface area (Å²) >= 11 is 1.37. The summed E-state index contributed by atoms with van der Waals surface area (Å²) in [4.78, 5) is 13.3. The molecular weight excluding hydrogens is 601 g/mol. The van der Waals surface area contributed by atoms with E-state index in [0.717, 1.165) is 40.8 Å². The van der Waals surface area contributed by atoms with Gasteiger partial charge in [0.15, 0.2) is 5.12 Å². The normalized spacial score (nSPS) is 12.3. The maximum Gasteiger partial charge on any atom is 0.189 e. The van der Waals surface area contributed by atoms with E-state index in [1.165, 1.54) is 43.9 Å². The number of thioether (sulfide) groups is 1. The third kappa shape index (κ3) is 11.5. The van der Waals surface area contributed by atoms with Crippen LogP contribution in [0.3, 0.4) is 0 Å². The molecule has 4 aromatic carbocycles. The molecule has 4 rings (SSSR count). The molecule has 47 heavy (non-hydrogen) atoms. The first-order chi connectivity index (χ1) is 23.2. The first kappa shape index (κ1) is 36.2. The van der Waals surface area contributed by atoms with Crippen molar-refractivity contribution < 1.29 is 19.0 Å². The predicted molar refractivity (Wildman–Crippen MR) is 197 cm³/mol. The highest BCUT2D eigenvalue weighted by Gasteiger charge is 2.38. The minimum Gasteiger partial charge on any atom is -0.497 e. The first-order valence-corrected chi connectivity index (χ1v) is 17.9. The molecule has 0 amide bonds. The molecule has 0 radical (unpaired) electrons. The van der Waals surface area contributed by atoms with Gasteiger partial charge in [0.05, 0.1) is 32.2 Å². The molecule has 0 aliphatic rings. The van der Waals surface area contributed by atoms with Gasteiger partial charge in [-0.3, -0.25) is 4.79 Å². The lowest BCUT2D eigenvalue weighted by Gasteiger charge is -2.37. The van der Waals surface area contributed by atoms with Gasteiger partial charge in [-0.2, -0.15) is 0 Å². The third-order valence-electron chi connectivity index (χ3n) is 8.25. The molecule has 0 N–H and O–H groups in total. The van der Waals surface area contributed by atoms with Gasteiger partial charge in [0.25, 0.3) is 0 Å². The van der Waals surface area contributed by atoms with Crippen molar-refractivity contribution in [2.24, 2.45) is 0 Å². The van der Waals surface area contributed by atoms with Crippen molar-refractivity contribution in [1.82, 2.24) is 0 Å². The van der Waals surface area contributed by atoms with Gasteiger partial charge in [-0.1, -0.05) is 172 Å². The highest BCUT2D eigenvalue weighted by atomic mass is 32.2. The maximum absolute atomic E-state index is 13.3. The number of ether oxygens (including phenoxy) is 3. The van der Waals surface area contributed by atoms with Crippen molar-refractivity contribution in [3.63, 3.8) is 0 Å². The lowest BCUT2D eigenvalue weighted by molar-refractivity contribution is -0.111. The number of rotatable bonds is 21. The quantitative estimate of drug-likeness (QED) is 0.0663. The lowest BCUT2D eigenvalue weighted by atomic mass is 9.80. The summed E-state index contributed by atoms with van der Waals surface area (Å²) in [5, 5.41) is 0.0206. The van der Waals surface area contributed by atoms with Crippen LogP contribution in [0.1, 0.15) is 80.5 Å². The molecule has 0 aliphatic heterocycles. The Labute approximate surface area is 286 Å². The van der Waals surface area contributed by atoms with Gasteiger partial charge in [-0.15, -0.1) is 0 Å².